The highest BCUT2D eigenvalue weighted by molar-refractivity contribution is 7.80. The molecule has 1 aromatic carbocycles. The SMILES string of the molecule is CCN(CC)CCNC(=S)c1c(O)n(C)c2ccccc12. The minimum Gasteiger partial charge on any atom is -0.494 e. The molecule has 1 heterocycles. The Morgan fingerprint density at radius 2 is 1.95 bits per heavy atom. The van der Waals surface area contributed by atoms with Gasteiger partial charge in [0.15, 0.2) is 0 Å². The quantitative estimate of drug-likeness (QED) is 0.805. The number of aromatic nitrogens is 1. The van der Waals surface area contributed by atoms with Crippen molar-refractivity contribution in [1.82, 2.24) is 14.8 Å². The van der Waals surface area contributed by atoms with Gasteiger partial charge in [-0.1, -0.05) is 44.3 Å². The van der Waals surface area contributed by atoms with Crippen LogP contribution in [0.3, 0.4) is 0 Å². The second-order valence-electron chi connectivity index (χ2n) is 5.06. The molecule has 21 heavy (non-hydrogen) atoms. The summed E-state index contributed by atoms with van der Waals surface area (Å²) in [5.74, 6) is 0.219. The molecule has 0 saturated heterocycles. The molecule has 0 aliphatic rings. The van der Waals surface area contributed by atoms with Crippen molar-refractivity contribution in [3.8, 4) is 5.88 Å². The Labute approximate surface area is 131 Å². The minimum absolute atomic E-state index is 0.219. The second kappa shape index (κ2) is 6.91. The average molecular weight is 305 g/mol. The Morgan fingerprint density at radius 1 is 1.29 bits per heavy atom. The van der Waals surface area contributed by atoms with Crippen LogP contribution in [-0.4, -0.2) is 45.7 Å². The molecular weight excluding hydrogens is 282 g/mol. The maximum atomic E-state index is 10.3. The molecule has 0 saturated carbocycles. The van der Waals surface area contributed by atoms with E-state index < -0.39 is 0 Å². The third kappa shape index (κ3) is 3.19. The Bertz CT molecular complexity index is 632. The number of nitrogens with zero attached hydrogens (tertiary/aromatic N) is 2. The zero-order valence-electron chi connectivity index (χ0n) is 12.9. The molecular formula is C16H23N3OS. The number of likely N-dealkylation sites (N-methyl/N-ethyl adjacent to an activating group) is 1. The summed E-state index contributed by atoms with van der Waals surface area (Å²) in [5, 5.41) is 14.6. The number of hydrogen-bond donors (Lipinski definition) is 2. The standard InChI is InChI=1S/C16H23N3OS/c1-4-19(5-2)11-10-17-15(21)14-12-8-6-7-9-13(12)18(3)16(14)20/h6-9,20H,4-5,10-11H2,1-3H3,(H,17,21). The van der Waals surface area contributed by atoms with Crippen LogP contribution in [0.15, 0.2) is 24.3 Å². The van der Waals surface area contributed by atoms with E-state index in [1.54, 1.807) is 4.57 Å². The van der Waals surface area contributed by atoms with Crippen molar-refractivity contribution in [2.75, 3.05) is 26.2 Å². The van der Waals surface area contributed by atoms with Crippen molar-refractivity contribution in [2.45, 2.75) is 13.8 Å². The molecule has 0 amide bonds. The lowest BCUT2D eigenvalue weighted by Crippen LogP contribution is -2.34. The summed E-state index contributed by atoms with van der Waals surface area (Å²) in [6.45, 7) is 8.09. The van der Waals surface area contributed by atoms with Crippen molar-refractivity contribution in [3.63, 3.8) is 0 Å². The highest BCUT2D eigenvalue weighted by atomic mass is 32.1. The topological polar surface area (TPSA) is 40.4 Å². The van der Waals surface area contributed by atoms with Gasteiger partial charge in [0, 0.05) is 25.5 Å². The molecule has 2 rings (SSSR count). The average Bonchev–Trinajstić information content (AvgIpc) is 2.76. The van der Waals surface area contributed by atoms with Crippen molar-refractivity contribution < 1.29 is 5.11 Å². The Balaban J connectivity index is 2.15. The molecule has 1 aromatic heterocycles. The van der Waals surface area contributed by atoms with Crippen molar-refractivity contribution in [2.24, 2.45) is 7.05 Å². The van der Waals surface area contributed by atoms with Crippen LogP contribution >= 0.6 is 12.2 Å². The van der Waals surface area contributed by atoms with E-state index in [1.165, 1.54) is 0 Å². The Hall–Kier alpha value is -1.59. The number of fused-ring (bicyclic) bond motifs is 1. The lowest BCUT2D eigenvalue weighted by Gasteiger charge is -2.18. The summed E-state index contributed by atoms with van der Waals surface area (Å²) in [4.78, 5) is 2.94. The first-order chi connectivity index (χ1) is 10.1. The fourth-order valence-electron chi connectivity index (χ4n) is 2.56. The number of thiocarbonyl (C=S) groups is 1. The van der Waals surface area contributed by atoms with Gasteiger partial charge in [-0.05, 0) is 19.2 Å². The molecule has 2 N–H and O–H groups in total. The minimum atomic E-state index is 0.219. The number of aromatic hydroxyl groups is 1. The van der Waals surface area contributed by atoms with Crippen LogP contribution in [0.25, 0.3) is 10.9 Å². The van der Waals surface area contributed by atoms with Gasteiger partial charge in [-0.25, -0.2) is 0 Å². The van der Waals surface area contributed by atoms with Crippen LogP contribution in [0.4, 0.5) is 0 Å². The Morgan fingerprint density at radius 3 is 2.62 bits per heavy atom. The number of hydrogen-bond acceptors (Lipinski definition) is 3. The summed E-state index contributed by atoms with van der Waals surface area (Å²) in [6.07, 6.45) is 0. The number of nitrogens with one attached hydrogen (secondary N) is 1. The number of aryl methyl sites for hydroxylation is 1. The highest BCUT2D eigenvalue weighted by Crippen LogP contribution is 2.30. The number of rotatable bonds is 6. The molecule has 0 spiro atoms. The first kappa shape index (κ1) is 15.8. The van der Waals surface area contributed by atoms with Crippen LogP contribution in [-0.2, 0) is 7.05 Å². The molecule has 0 aliphatic heterocycles. The maximum absolute atomic E-state index is 10.3. The van der Waals surface area contributed by atoms with Gasteiger partial charge in [0.2, 0.25) is 5.88 Å². The molecule has 0 unspecified atom stereocenters. The number of para-hydroxylation sites is 1. The van der Waals surface area contributed by atoms with Crippen molar-refractivity contribution >= 4 is 28.1 Å². The maximum Gasteiger partial charge on any atom is 0.202 e. The van der Waals surface area contributed by atoms with E-state index in [1.807, 2.05) is 31.3 Å². The van der Waals surface area contributed by atoms with Crippen molar-refractivity contribution in [1.29, 1.82) is 0 Å². The van der Waals surface area contributed by atoms with E-state index >= 15 is 0 Å². The second-order valence-corrected chi connectivity index (χ2v) is 5.47. The van der Waals surface area contributed by atoms with Crippen molar-refractivity contribution in [3.05, 3.63) is 29.8 Å². The van der Waals surface area contributed by atoms with E-state index in [0.717, 1.165) is 42.6 Å². The van der Waals surface area contributed by atoms with Crippen LogP contribution in [0, 0.1) is 0 Å². The van der Waals surface area contributed by atoms with Gasteiger partial charge >= 0.3 is 0 Å². The van der Waals surface area contributed by atoms with E-state index in [-0.39, 0.29) is 5.88 Å². The first-order valence-electron chi connectivity index (χ1n) is 7.37. The van der Waals surface area contributed by atoms with E-state index in [2.05, 4.69) is 24.1 Å². The predicted octanol–water partition coefficient (Wildman–Crippen LogP) is 2.49. The largest absolute Gasteiger partial charge is 0.494 e. The molecule has 0 atom stereocenters. The van der Waals surface area contributed by atoms with Crippen LogP contribution in [0.1, 0.15) is 19.4 Å². The third-order valence-electron chi connectivity index (χ3n) is 3.91. The molecule has 0 radical (unpaired) electrons. The van der Waals surface area contributed by atoms with Crippen LogP contribution in [0.5, 0.6) is 5.88 Å². The van der Waals surface area contributed by atoms with E-state index in [0.29, 0.717) is 4.99 Å². The smallest absolute Gasteiger partial charge is 0.202 e. The highest BCUT2D eigenvalue weighted by Gasteiger charge is 2.17. The third-order valence-corrected chi connectivity index (χ3v) is 4.26. The monoisotopic (exact) mass is 305 g/mol. The van der Waals surface area contributed by atoms with Gasteiger partial charge < -0.3 is 19.9 Å². The Kier molecular flexibility index (Phi) is 5.20. The fraction of sp³-hybridized carbons (Fsp3) is 0.438. The fourth-order valence-corrected chi connectivity index (χ4v) is 2.86. The van der Waals surface area contributed by atoms with Gasteiger partial charge in [0.1, 0.15) is 4.99 Å². The summed E-state index contributed by atoms with van der Waals surface area (Å²) >= 11 is 5.47. The van der Waals surface area contributed by atoms with Crippen LogP contribution < -0.4 is 5.32 Å². The lowest BCUT2D eigenvalue weighted by molar-refractivity contribution is 0.308. The predicted molar refractivity (Wildman–Crippen MR) is 92.1 cm³/mol. The molecule has 4 nitrogen and oxygen atoms in total. The van der Waals surface area contributed by atoms with Gasteiger partial charge in [-0.15, -0.1) is 0 Å². The van der Waals surface area contributed by atoms with Crippen LogP contribution in [0.2, 0.25) is 0 Å². The van der Waals surface area contributed by atoms with E-state index in [4.69, 9.17) is 12.2 Å². The lowest BCUT2D eigenvalue weighted by atomic mass is 10.1. The van der Waals surface area contributed by atoms with Gasteiger partial charge in [0.05, 0.1) is 11.1 Å². The zero-order valence-corrected chi connectivity index (χ0v) is 13.7. The molecule has 2 aromatic rings. The summed E-state index contributed by atoms with van der Waals surface area (Å²) in [6, 6.07) is 7.89. The number of benzene rings is 1. The molecule has 0 fully saturated rings. The van der Waals surface area contributed by atoms with Gasteiger partial charge in [-0.3, -0.25) is 0 Å². The molecule has 0 bridgehead atoms. The van der Waals surface area contributed by atoms with Gasteiger partial charge in [0.25, 0.3) is 0 Å². The molecule has 0 aliphatic carbocycles. The first-order valence-corrected chi connectivity index (χ1v) is 7.77. The molecule has 114 valence electrons. The normalized spacial score (nSPS) is 11.2. The summed E-state index contributed by atoms with van der Waals surface area (Å²) < 4.78 is 1.77. The van der Waals surface area contributed by atoms with Gasteiger partial charge in [-0.2, -0.15) is 0 Å². The summed E-state index contributed by atoms with van der Waals surface area (Å²) in [7, 11) is 1.85. The summed E-state index contributed by atoms with van der Waals surface area (Å²) in [5.41, 5.74) is 1.71. The molecule has 5 heteroatoms. The zero-order chi connectivity index (χ0) is 15.4. The van der Waals surface area contributed by atoms with E-state index in [9.17, 15) is 5.11 Å².